The summed E-state index contributed by atoms with van der Waals surface area (Å²) < 4.78 is 5.42. The molecule has 1 heteroatoms. The van der Waals surface area contributed by atoms with Gasteiger partial charge in [-0.15, -0.1) is 0 Å². The zero-order chi connectivity index (χ0) is 9.68. The van der Waals surface area contributed by atoms with Crippen molar-refractivity contribution < 1.29 is 4.74 Å². The quantitative estimate of drug-likeness (QED) is 0.688. The fourth-order valence-electron chi connectivity index (χ4n) is 1.64. The van der Waals surface area contributed by atoms with E-state index in [0.29, 0.717) is 0 Å². The highest BCUT2D eigenvalue weighted by Crippen LogP contribution is 2.25. The zero-order valence-electron chi connectivity index (χ0n) is 8.76. The van der Waals surface area contributed by atoms with Crippen molar-refractivity contribution in [2.45, 2.75) is 33.1 Å². The number of rotatable bonds is 4. The standard InChI is InChI=1S/C12H18O/c1-4-7-11-9-6-8-10(5-2)12(11)13-3/h6,8-9H,4-5,7H2,1-3H3. The number of hydrogen-bond donors (Lipinski definition) is 0. The van der Waals surface area contributed by atoms with Crippen molar-refractivity contribution in [2.75, 3.05) is 7.11 Å². The number of benzene rings is 1. The number of ether oxygens (including phenoxy) is 1. The van der Waals surface area contributed by atoms with Crippen LogP contribution in [0, 0.1) is 0 Å². The molecule has 0 aromatic heterocycles. The lowest BCUT2D eigenvalue weighted by molar-refractivity contribution is 0.404. The third kappa shape index (κ3) is 2.24. The first-order chi connectivity index (χ1) is 6.33. The summed E-state index contributed by atoms with van der Waals surface area (Å²) in [6, 6.07) is 6.41. The minimum absolute atomic E-state index is 1.04. The Hall–Kier alpha value is -0.980. The molecule has 72 valence electrons. The maximum absolute atomic E-state index is 5.42. The van der Waals surface area contributed by atoms with Crippen molar-refractivity contribution in [3.63, 3.8) is 0 Å². The molecule has 0 fully saturated rings. The van der Waals surface area contributed by atoms with Gasteiger partial charge in [-0.2, -0.15) is 0 Å². The van der Waals surface area contributed by atoms with Crippen LogP contribution >= 0.6 is 0 Å². The van der Waals surface area contributed by atoms with Crippen molar-refractivity contribution in [1.29, 1.82) is 0 Å². The van der Waals surface area contributed by atoms with E-state index in [4.69, 9.17) is 4.74 Å². The Morgan fingerprint density at radius 1 is 1.15 bits per heavy atom. The molecule has 0 bridgehead atoms. The molecular formula is C12H18O. The van der Waals surface area contributed by atoms with Crippen molar-refractivity contribution in [2.24, 2.45) is 0 Å². The largest absolute Gasteiger partial charge is 0.496 e. The fraction of sp³-hybridized carbons (Fsp3) is 0.500. The summed E-state index contributed by atoms with van der Waals surface area (Å²) in [7, 11) is 1.76. The van der Waals surface area contributed by atoms with Gasteiger partial charge in [0, 0.05) is 0 Å². The molecular weight excluding hydrogens is 160 g/mol. The first-order valence-corrected chi connectivity index (χ1v) is 4.98. The van der Waals surface area contributed by atoms with Crippen LogP contribution in [0.5, 0.6) is 5.75 Å². The monoisotopic (exact) mass is 178 g/mol. The van der Waals surface area contributed by atoms with Crippen LogP contribution < -0.4 is 4.74 Å². The van der Waals surface area contributed by atoms with Crippen molar-refractivity contribution in [3.05, 3.63) is 29.3 Å². The molecule has 0 spiro atoms. The van der Waals surface area contributed by atoms with Crippen LogP contribution in [0.2, 0.25) is 0 Å². The average molecular weight is 178 g/mol. The molecule has 1 rings (SSSR count). The topological polar surface area (TPSA) is 9.23 Å². The van der Waals surface area contributed by atoms with Gasteiger partial charge in [0.15, 0.2) is 0 Å². The molecule has 0 saturated heterocycles. The Labute approximate surface area is 80.7 Å². The van der Waals surface area contributed by atoms with Crippen LogP contribution in [0.4, 0.5) is 0 Å². The first kappa shape index (κ1) is 10.1. The number of hydrogen-bond acceptors (Lipinski definition) is 1. The van der Waals surface area contributed by atoms with Gasteiger partial charge in [0.1, 0.15) is 5.75 Å². The van der Waals surface area contributed by atoms with Crippen LogP contribution in [0.15, 0.2) is 18.2 Å². The second-order valence-electron chi connectivity index (χ2n) is 3.21. The molecule has 0 unspecified atom stereocenters. The predicted octanol–water partition coefficient (Wildman–Crippen LogP) is 3.21. The van der Waals surface area contributed by atoms with Gasteiger partial charge in [-0.05, 0) is 24.0 Å². The molecule has 1 aromatic rings. The zero-order valence-corrected chi connectivity index (χ0v) is 8.76. The molecule has 0 aliphatic carbocycles. The van der Waals surface area contributed by atoms with Gasteiger partial charge in [0.25, 0.3) is 0 Å². The normalized spacial score (nSPS) is 10.1. The van der Waals surface area contributed by atoms with E-state index in [1.165, 1.54) is 17.5 Å². The van der Waals surface area contributed by atoms with E-state index >= 15 is 0 Å². The second-order valence-corrected chi connectivity index (χ2v) is 3.21. The minimum Gasteiger partial charge on any atom is -0.496 e. The number of para-hydroxylation sites is 1. The molecule has 13 heavy (non-hydrogen) atoms. The van der Waals surface area contributed by atoms with E-state index in [1.54, 1.807) is 7.11 Å². The van der Waals surface area contributed by atoms with Gasteiger partial charge < -0.3 is 4.74 Å². The van der Waals surface area contributed by atoms with Gasteiger partial charge in [-0.25, -0.2) is 0 Å². The highest BCUT2D eigenvalue weighted by Gasteiger charge is 2.05. The molecule has 0 amide bonds. The predicted molar refractivity (Wildman–Crippen MR) is 56.4 cm³/mol. The maximum atomic E-state index is 5.42. The summed E-state index contributed by atoms with van der Waals surface area (Å²) in [6.45, 7) is 4.35. The Bertz CT molecular complexity index is 266. The smallest absolute Gasteiger partial charge is 0.125 e. The van der Waals surface area contributed by atoms with Crippen LogP contribution in [0.1, 0.15) is 31.4 Å². The van der Waals surface area contributed by atoms with E-state index in [9.17, 15) is 0 Å². The second kappa shape index (κ2) is 4.90. The van der Waals surface area contributed by atoms with Crippen LogP contribution in [-0.2, 0) is 12.8 Å². The summed E-state index contributed by atoms with van der Waals surface area (Å²) in [4.78, 5) is 0. The summed E-state index contributed by atoms with van der Waals surface area (Å²) in [5.41, 5.74) is 2.65. The van der Waals surface area contributed by atoms with Gasteiger partial charge in [0.2, 0.25) is 0 Å². The van der Waals surface area contributed by atoms with Crippen molar-refractivity contribution in [1.82, 2.24) is 0 Å². The highest BCUT2D eigenvalue weighted by atomic mass is 16.5. The minimum atomic E-state index is 1.04. The summed E-state index contributed by atoms with van der Waals surface area (Å²) in [5.74, 6) is 1.09. The first-order valence-electron chi connectivity index (χ1n) is 4.98. The highest BCUT2D eigenvalue weighted by molar-refractivity contribution is 5.41. The maximum Gasteiger partial charge on any atom is 0.125 e. The Balaban J connectivity index is 3.03. The Morgan fingerprint density at radius 2 is 1.85 bits per heavy atom. The molecule has 0 radical (unpaired) electrons. The van der Waals surface area contributed by atoms with Crippen molar-refractivity contribution >= 4 is 0 Å². The number of aryl methyl sites for hydroxylation is 2. The fourth-order valence-corrected chi connectivity index (χ4v) is 1.64. The molecule has 0 aliphatic heterocycles. The summed E-state index contributed by atoms with van der Waals surface area (Å²) in [5, 5.41) is 0. The molecule has 1 nitrogen and oxygen atoms in total. The van der Waals surface area contributed by atoms with Gasteiger partial charge in [0.05, 0.1) is 7.11 Å². The van der Waals surface area contributed by atoms with E-state index in [-0.39, 0.29) is 0 Å². The summed E-state index contributed by atoms with van der Waals surface area (Å²) in [6.07, 6.45) is 3.32. The molecule has 0 aliphatic rings. The van der Waals surface area contributed by atoms with E-state index < -0.39 is 0 Å². The molecule has 0 N–H and O–H groups in total. The van der Waals surface area contributed by atoms with Gasteiger partial charge >= 0.3 is 0 Å². The molecule has 0 heterocycles. The average Bonchev–Trinajstić information content (AvgIpc) is 2.18. The van der Waals surface area contributed by atoms with E-state index in [1.807, 2.05) is 0 Å². The van der Waals surface area contributed by atoms with Crippen LogP contribution in [0.3, 0.4) is 0 Å². The lowest BCUT2D eigenvalue weighted by Gasteiger charge is -2.11. The third-order valence-electron chi connectivity index (χ3n) is 2.28. The lowest BCUT2D eigenvalue weighted by Crippen LogP contribution is -1.96. The van der Waals surface area contributed by atoms with Crippen molar-refractivity contribution in [3.8, 4) is 5.75 Å². The molecule has 0 saturated carbocycles. The van der Waals surface area contributed by atoms with E-state index in [0.717, 1.165) is 18.6 Å². The van der Waals surface area contributed by atoms with Crippen LogP contribution in [0.25, 0.3) is 0 Å². The SMILES string of the molecule is CCCc1cccc(CC)c1OC. The van der Waals surface area contributed by atoms with E-state index in [2.05, 4.69) is 32.0 Å². The van der Waals surface area contributed by atoms with Gasteiger partial charge in [-0.1, -0.05) is 38.5 Å². The number of methoxy groups -OCH3 is 1. The molecule has 0 atom stereocenters. The Morgan fingerprint density at radius 3 is 2.38 bits per heavy atom. The van der Waals surface area contributed by atoms with Gasteiger partial charge in [-0.3, -0.25) is 0 Å². The molecule has 1 aromatic carbocycles. The lowest BCUT2D eigenvalue weighted by atomic mass is 10.0. The van der Waals surface area contributed by atoms with Crippen LogP contribution in [-0.4, -0.2) is 7.11 Å². The Kier molecular flexibility index (Phi) is 3.81. The summed E-state index contributed by atoms with van der Waals surface area (Å²) >= 11 is 0. The third-order valence-corrected chi connectivity index (χ3v) is 2.28.